The third kappa shape index (κ3) is 4.55. The Morgan fingerprint density at radius 1 is 1.13 bits per heavy atom. The average Bonchev–Trinajstić information content (AvgIpc) is 3.18. The molecule has 4 aliphatic rings. The lowest BCUT2D eigenvalue weighted by Gasteiger charge is -2.45. The quantitative estimate of drug-likeness (QED) is 0.522. The molecule has 2 radical (unpaired) electrons. The summed E-state index contributed by atoms with van der Waals surface area (Å²) < 4.78 is 29.3. The van der Waals surface area contributed by atoms with Crippen molar-refractivity contribution in [1.29, 1.82) is 0 Å². The zero-order chi connectivity index (χ0) is 21.3. The van der Waals surface area contributed by atoms with E-state index in [1.807, 2.05) is 12.2 Å². The lowest BCUT2D eigenvalue weighted by Crippen LogP contribution is -2.52. The molecule has 6 nitrogen and oxygen atoms in total. The highest BCUT2D eigenvalue weighted by Crippen LogP contribution is 2.42. The Bertz CT molecular complexity index is 749. The molecule has 0 spiro atoms. The van der Waals surface area contributed by atoms with E-state index in [-0.39, 0.29) is 36.8 Å². The fraction of sp³-hybridized carbons (Fsp3) is 0.714. The Morgan fingerprint density at radius 3 is 2.57 bits per heavy atom. The van der Waals surface area contributed by atoms with Gasteiger partial charge in [0.1, 0.15) is 6.04 Å². The molecule has 4 rings (SSSR count). The molecule has 3 heterocycles. The lowest BCUT2D eigenvalue weighted by atomic mass is 9.76. The van der Waals surface area contributed by atoms with Crippen LogP contribution >= 0.6 is 0 Å². The highest BCUT2D eigenvalue weighted by atomic mass is 19.3. The third-order valence-corrected chi connectivity index (χ3v) is 6.95. The van der Waals surface area contributed by atoms with Crippen LogP contribution in [0.25, 0.3) is 0 Å². The smallest absolute Gasteiger partial charge is 0.263 e. The summed E-state index contributed by atoms with van der Waals surface area (Å²) in [6.07, 6.45) is 7.82. The maximum atomic E-state index is 14.6. The summed E-state index contributed by atoms with van der Waals surface area (Å²) in [6.45, 7) is 1.99. The molecule has 2 N–H and O–H groups in total. The first-order valence-corrected chi connectivity index (χ1v) is 10.9. The van der Waals surface area contributed by atoms with Gasteiger partial charge >= 0.3 is 0 Å². The maximum Gasteiger partial charge on any atom is 0.263 e. The van der Waals surface area contributed by atoms with Crippen LogP contribution in [0.3, 0.4) is 0 Å². The number of amides is 2. The molecule has 0 aromatic heterocycles. The summed E-state index contributed by atoms with van der Waals surface area (Å²) in [5.41, 5.74) is 2.12. The number of imide groups is 1. The number of piperidine rings is 3. The van der Waals surface area contributed by atoms with Crippen LogP contribution in [0.1, 0.15) is 38.5 Å². The molecule has 0 aromatic carbocycles. The van der Waals surface area contributed by atoms with Crippen molar-refractivity contribution >= 4 is 19.7 Å². The first-order chi connectivity index (χ1) is 14.4. The van der Waals surface area contributed by atoms with Crippen LogP contribution in [0.2, 0.25) is 0 Å². The first kappa shape index (κ1) is 21.3. The van der Waals surface area contributed by atoms with Crippen molar-refractivity contribution in [3.63, 3.8) is 0 Å². The molecule has 2 amide bonds. The van der Waals surface area contributed by atoms with Gasteiger partial charge in [-0.3, -0.25) is 14.9 Å². The Morgan fingerprint density at radius 2 is 1.90 bits per heavy atom. The third-order valence-electron chi connectivity index (χ3n) is 6.95. The van der Waals surface area contributed by atoms with E-state index in [0.29, 0.717) is 32.2 Å². The van der Waals surface area contributed by atoms with Crippen molar-refractivity contribution < 1.29 is 18.4 Å². The Labute approximate surface area is 177 Å². The molecule has 9 heteroatoms. The molecule has 3 saturated heterocycles. The van der Waals surface area contributed by atoms with Crippen LogP contribution in [0.15, 0.2) is 23.5 Å². The summed E-state index contributed by atoms with van der Waals surface area (Å²) in [5.74, 6) is -3.67. The van der Waals surface area contributed by atoms with E-state index >= 15 is 0 Å². The van der Waals surface area contributed by atoms with E-state index in [9.17, 15) is 18.4 Å². The predicted molar refractivity (Wildman–Crippen MR) is 110 cm³/mol. The topological polar surface area (TPSA) is 64.7 Å². The molecule has 0 aromatic rings. The standard InChI is InChI=1S/C21H29BF2N4O2/c22-13-27-8-7-17(21(23,24)12-27)14-5-9-28(10-6-14)16-2-1-15(11-16)25-18-3-4-19(29)26-20(18)30/h1-2,14,17-18,25H,3-13H2,(H,26,29,30). The first-order valence-electron chi connectivity index (χ1n) is 10.9. The molecule has 30 heavy (non-hydrogen) atoms. The van der Waals surface area contributed by atoms with E-state index < -0.39 is 11.8 Å². The minimum atomic E-state index is -2.67. The number of halogens is 2. The number of carbonyl (C=O) groups is 2. The molecule has 3 aliphatic heterocycles. The number of rotatable bonds is 5. The highest BCUT2D eigenvalue weighted by molar-refractivity contribution is 6.08. The second-order valence-corrected chi connectivity index (χ2v) is 8.89. The summed E-state index contributed by atoms with van der Waals surface area (Å²) in [4.78, 5) is 27.1. The summed E-state index contributed by atoms with van der Waals surface area (Å²) in [5, 5.41) is 5.60. The number of alkyl halides is 2. The van der Waals surface area contributed by atoms with E-state index in [1.54, 1.807) is 4.90 Å². The van der Waals surface area contributed by atoms with E-state index in [0.717, 1.165) is 37.3 Å². The van der Waals surface area contributed by atoms with Crippen LogP contribution in [-0.4, -0.2) is 74.0 Å². The van der Waals surface area contributed by atoms with Gasteiger partial charge in [-0.2, -0.15) is 0 Å². The summed E-state index contributed by atoms with van der Waals surface area (Å²) in [7, 11) is 5.55. The molecule has 0 saturated carbocycles. The number of hydrogen-bond acceptors (Lipinski definition) is 5. The minimum Gasteiger partial charge on any atom is -0.377 e. The van der Waals surface area contributed by atoms with E-state index in [1.165, 1.54) is 0 Å². The van der Waals surface area contributed by atoms with Crippen molar-refractivity contribution in [2.24, 2.45) is 11.8 Å². The molecule has 0 bridgehead atoms. The number of nitrogens with zero attached hydrogens (tertiary/aromatic N) is 2. The van der Waals surface area contributed by atoms with E-state index in [2.05, 4.69) is 15.5 Å². The monoisotopic (exact) mass is 418 g/mol. The van der Waals surface area contributed by atoms with Crippen molar-refractivity contribution in [2.45, 2.75) is 50.5 Å². The maximum absolute atomic E-state index is 14.6. The van der Waals surface area contributed by atoms with Crippen LogP contribution in [0, 0.1) is 11.8 Å². The van der Waals surface area contributed by atoms with Crippen LogP contribution in [-0.2, 0) is 9.59 Å². The lowest BCUT2D eigenvalue weighted by molar-refractivity contribution is -0.134. The SMILES string of the molecule is [B]CN1CCC(C2CCN(C3=CC=C(NC4CCC(=O)NC4=O)C3)CC2)C(F)(F)C1. The number of likely N-dealkylation sites (tertiary alicyclic amines) is 2. The minimum absolute atomic E-state index is 0.0483. The Kier molecular flexibility index (Phi) is 6.18. The van der Waals surface area contributed by atoms with E-state index in [4.69, 9.17) is 7.85 Å². The highest BCUT2D eigenvalue weighted by Gasteiger charge is 2.48. The fourth-order valence-corrected chi connectivity index (χ4v) is 5.23. The second kappa shape index (κ2) is 8.69. The van der Waals surface area contributed by atoms with Crippen LogP contribution in [0.4, 0.5) is 8.78 Å². The normalized spacial score (nSPS) is 30.7. The molecule has 3 fully saturated rings. The summed E-state index contributed by atoms with van der Waals surface area (Å²) >= 11 is 0. The van der Waals surface area contributed by atoms with Gasteiger partial charge in [0.05, 0.1) is 14.4 Å². The van der Waals surface area contributed by atoms with Gasteiger partial charge in [-0.05, 0) is 56.7 Å². The number of hydrogen-bond donors (Lipinski definition) is 2. The van der Waals surface area contributed by atoms with Gasteiger partial charge in [0, 0.05) is 43.2 Å². The average molecular weight is 418 g/mol. The van der Waals surface area contributed by atoms with Gasteiger partial charge in [0.15, 0.2) is 0 Å². The van der Waals surface area contributed by atoms with Crippen molar-refractivity contribution in [2.75, 3.05) is 32.6 Å². The largest absolute Gasteiger partial charge is 0.377 e. The summed E-state index contributed by atoms with van der Waals surface area (Å²) in [6, 6.07) is -0.381. The molecule has 2 unspecified atom stereocenters. The van der Waals surface area contributed by atoms with Gasteiger partial charge in [-0.25, -0.2) is 8.78 Å². The number of nitrogens with one attached hydrogen (secondary N) is 2. The molecule has 1 aliphatic carbocycles. The predicted octanol–water partition coefficient (Wildman–Crippen LogP) is 1.35. The van der Waals surface area contributed by atoms with Gasteiger partial charge < -0.3 is 15.1 Å². The van der Waals surface area contributed by atoms with Crippen molar-refractivity contribution in [3.8, 4) is 0 Å². The Hall–Kier alpha value is -1.90. The molecule has 2 atom stereocenters. The second-order valence-electron chi connectivity index (χ2n) is 8.89. The molecule has 162 valence electrons. The Balaban J connectivity index is 1.25. The number of carbonyl (C=O) groups excluding carboxylic acids is 2. The van der Waals surface area contributed by atoms with Crippen LogP contribution in [0.5, 0.6) is 0 Å². The van der Waals surface area contributed by atoms with Gasteiger partial charge in [-0.1, -0.05) is 0 Å². The van der Waals surface area contributed by atoms with Gasteiger partial charge in [0.2, 0.25) is 11.8 Å². The molecular weight excluding hydrogens is 389 g/mol. The molecular formula is C21H29BF2N4O2. The fourth-order valence-electron chi connectivity index (χ4n) is 5.23. The number of allylic oxidation sites excluding steroid dienone is 2. The zero-order valence-electron chi connectivity index (χ0n) is 17.2. The van der Waals surface area contributed by atoms with Gasteiger partial charge in [-0.15, -0.1) is 0 Å². The van der Waals surface area contributed by atoms with Crippen LogP contribution < -0.4 is 10.6 Å². The van der Waals surface area contributed by atoms with Crippen molar-refractivity contribution in [3.05, 3.63) is 23.5 Å². The van der Waals surface area contributed by atoms with Crippen molar-refractivity contribution in [1.82, 2.24) is 20.4 Å². The zero-order valence-corrected chi connectivity index (χ0v) is 17.2. The van der Waals surface area contributed by atoms with Gasteiger partial charge in [0.25, 0.3) is 5.92 Å².